The first kappa shape index (κ1) is 18.9. The second-order valence-electron chi connectivity index (χ2n) is 5.35. The maximum Gasteiger partial charge on any atom is 0.269 e. The highest BCUT2D eigenvalue weighted by Gasteiger charge is 2.10. The van der Waals surface area contributed by atoms with E-state index < -0.39 is 4.92 Å². The highest BCUT2D eigenvalue weighted by Crippen LogP contribution is 2.27. The van der Waals surface area contributed by atoms with Gasteiger partial charge in [0.1, 0.15) is 5.75 Å². The number of thioether (sulfide) groups is 1. The van der Waals surface area contributed by atoms with Crippen molar-refractivity contribution in [1.82, 2.24) is 4.98 Å². The average molecular weight is 401 g/mol. The third kappa shape index (κ3) is 5.05. The zero-order valence-electron chi connectivity index (χ0n) is 14.2. The van der Waals surface area contributed by atoms with Crippen molar-refractivity contribution in [2.75, 3.05) is 18.2 Å². The molecule has 7 nitrogen and oxygen atoms in total. The predicted molar refractivity (Wildman–Crippen MR) is 107 cm³/mol. The third-order valence-corrected chi connectivity index (χ3v) is 5.32. The lowest BCUT2D eigenvalue weighted by molar-refractivity contribution is -0.384. The number of nitrogens with one attached hydrogen (secondary N) is 1. The molecule has 0 aliphatic heterocycles. The molecule has 9 heteroatoms. The molecule has 1 amide bonds. The zero-order chi connectivity index (χ0) is 19.2. The number of ether oxygens (including phenoxy) is 1. The van der Waals surface area contributed by atoms with Gasteiger partial charge in [-0.1, -0.05) is 0 Å². The van der Waals surface area contributed by atoms with Crippen molar-refractivity contribution >= 4 is 39.8 Å². The Labute approximate surface area is 163 Å². The van der Waals surface area contributed by atoms with Gasteiger partial charge in [0.05, 0.1) is 23.5 Å². The van der Waals surface area contributed by atoms with Gasteiger partial charge < -0.3 is 10.1 Å². The van der Waals surface area contributed by atoms with E-state index in [1.54, 1.807) is 19.2 Å². The molecule has 138 valence electrons. The maximum absolute atomic E-state index is 12.1. The van der Waals surface area contributed by atoms with Crippen molar-refractivity contribution in [1.29, 1.82) is 0 Å². The number of thiazole rings is 1. The van der Waals surface area contributed by atoms with Crippen molar-refractivity contribution in [3.63, 3.8) is 0 Å². The average Bonchev–Trinajstić information content (AvgIpc) is 3.15. The number of amides is 1. The molecule has 1 N–H and O–H groups in total. The van der Waals surface area contributed by atoms with Crippen LogP contribution in [0.15, 0.2) is 58.8 Å². The lowest BCUT2D eigenvalue weighted by Gasteiger charge is -2.02. The topological polar surface area (TPSA) is 94.4 Å². The van der Waals surface area contributed by atoms with E-state index in [-0.39, 0.29) is 17.3 Å². The molecule has 3 rings (SSSR count). The quantitative estimate of drug-likeness (QED) is 0.357. The minimum Gasteiger partial charge on any atom is -0.497 e. The van der Waals surface area contributed by atoms with Crippen LogP contribution in [-0.2, 0) is 4.79 Å². The Kier molecular flexibility index (Phi) is 6.05. The van der Waals surface area contributed by atoms with Gasteiger partial charge in [0.25, 0.3) is 5.69 Å². The highest BCUT2D eigenvalue weighted by molar-refractivity contribution is 8.00. The predicted octanol–water partition coefficient (Wildman–Crippen LogP) is 4.46. The Morgan fingerprint density at radius 2 is 1.93 bits per heavy atom. The van der Waals surface area contributed by atoms with Gasteiger partial charge in [-0.25, -0.2) is 4.98 Å². The van der Waals surface area contributed by atoms with E-state index in [0.717, 1.165) is 21.9 Å². The van der Waals surface area contributed by atoms with Crippen molar-refractivity contribution in [3.05, 3.63) is 64.0 Å². The Balaban J connectivity index is 1.55. The van der Waals surface area contributed by atoms with Crippen LogP contribution >= 0.6 is 23.1 Å². The number of non-ortho nitro benzene ring substituents is 1. The van der Waals surface area contributed by atoms with Crippen molar-refractivity contribution in [3.8, 4) is 17.0 Å². The number of benzene rings is 2. The second kappa shape index (κ2) is 8.65. The van der Waals surface area contributed by atoms with Gasteiger partial charge in [0.15, 0.2) is 5.13 Å². The molecule has 0 aliphatic rings. The molecule has 0 saturated heterocycles. The van der Waals surface area contributed by atoms with E-state index in [2.05, 4.69) is 10.3 Å². The van der Waals surface area contributed by atoms with Crippen LogP contribution in [0.2, 0.25) is 0 Å². The van der Waals surface area contributed by atoms with Crippen LogP contribution in [-0.4, -0.2) is 28.7 Å². The molecule has 0 radical (unpaired) electrons. The summed E-state index contributed by atoms with van der Waals surface area (Å²) in [5.74, 6) is 0.773. The van der Waals surface area contributed by atoms with Crippen molar-refractivity contribution < 1.29 is 14.5 Å². The number of nitro groups is 1. The number of carbonyl (C=O) groups is 1. The van der Waals surface area contributed by atoms with E-state index in [0.29, 0.717) is 5.13 Å². The van der Waals surface area contributed by atoms with Crippen molar-refractivity contribution in [2.24, 2.45) is 0 Å². The number of nitrogens with zero attached hydrogens (tertiary/aromatic N) is 2. The first-order chi connectivity index (χ1) is 13.0. The Bertz CT molecular complexity index is 940. The van der Waals surface area contributed by atoms with Crippen LogP contribution in [0, 0.1) is 10.1 Å². The van der Waals surface area contributed by atoms with Crippen LogP contribution in [0.25, 0.3) is 11.3 Å². The molecule has 27 heavy (non-hydrogen) atoms. The molecule has 1 heterocycles. The first-order valence-corrected chi connectivity index (χ1v) is 9.69. The number of aromatic nitrogens is 1. The van der Waals surface area contributed by atoms with Gasteiger partial charge in [-0.15, -0.1) is 23.1 Å². The zero-order valence-corrected chi connectivity index (χ0v) is 15.9. The summed E-state index contributed by atoms with van der Waals surface area (Å²) in [7, 11) is 1.61. The molecular formula is C18H15N3O4S2. The fraction of sp³-hybridized carbons (Fsp3) is 0.111. The summed E-state index contributed by atoms with van der Waals surface area (Å²) in [6.45, 7) is 0. The van der Waals surface area contributed by atoms with E-state index >= 15 is 0 Å². The summed E-state index contributed by atoms with van der Waals surface area (Å²) in [4.78, 5) is 27.5. The van der Waals surface area contributed by atoms with E-state index in [1.807, 2.05) is 29.6 Å². The molecule has 2 aromatic carbocycles. The molecule has 0 bridgehead atoms. The largest absolute Gasteiger partial charge is 0.497 e. The van der Waals surface area contributed by atoms with Gasteiger partial charge in [0.2, 0.25) is 5.91 Å². The molecule has 0 spiro atoms. The number of hydrogen-bond donors (Lipinski definition) is 1. The van der Waals surface area contributed by atoms with Gasteiger partial charge >= 0.3 is 0 Å². The second-order valence-corrected chi connectivity index (χ2v) is 7.26. The SMILES string of the molecule is COc1ccc(-c2csc(NC(=O)CSc3ccc([N+](=O)[O-])cc3)n2)cc1. The van der Waals surface area contributed by atoms with Crippen LogP contribution in [0.4, 0.5) is 10.8 Å². The number of carbonyl (C=O) groups excluding carboxylic acids is 1. The van der Waals surface area contributed by atoms with Gasteiger partial charge in [-0.05, 0) is 36.4 Å². The fourth-order valence-electron chi connectivity index (χ4n) is 2.19. The lowest BCUT2D eigenvalue weighted by atomic mass is 10.2. The fourth-order valence-corrected chi connectivity index (χ4v) is 3.63. The molecule has 0 atom stereocenters. The monoisotopic (exact) mass is 401 g/mol. The molecule has 1 aromatic heterocycles. The van der Waals surface area contributed by atoms with Crippen molar-refractivity contribution in [2.45, 2.75) is 4.90 Å². The number of hydrogen-bond acceptors (Lipinski definition) is 7. The minimum absolute atomic E-state index is 0.0256. The Hall–Kier alpha value is -2.91. The van der Waals surface area contributed by atoms with Crippen LogP contribution in [0.1, 0.15) is 0 Å². The summed E-state index contributed by atoms with van der Waals surface area (Å²) >= 11 is 2.65. The maximum atomic E-state index is 12.1. The van der Waals surface area contributed by atoms with E-state index in [4.69, 9.17) is 4.74 Å². The molecule has 0 saturated carbocycles. The number of methoxy groups -OCH3 is 1. The number of rotatable bonds is 7. The molecule has 0 unspecified atom stereocenters. The highest BCUT2D eigenvalue weighted by atomic mass is 32.2. The normalized spacial score (nSPS) is 10.4. The summed E-state index contributed by atoms with van der Waals surface area (Å²) in [5, 5.41) is 15.8. The van der Waals surface area contributed by atoms with Gasteiger partial charge in [0, 0.05) is 28.0 Å². The summed E-state index contributed by atoms with van der Waals surface area (Å²) in [5.41, 5.74) is 1.74. The number of nitro benzene ring substituents is 1. The summed E-state index contributed by atoms with van der Waals surface area (Å²) in [6, 6.07) is 13.6. The van der Waals surface area contributed by atoms with Gasteiger partial charge in [-0.3, -0.25) is 14.9 Å². The van der Waals surface area contributed by atoms with Crippen LogP contribution < -0.4 is 10.1 Å². The van der Waals surface area contributed by atoms with Gasteiger partial charge in [-0.2, -0.15) is 0 Å². The first-order valence-electron chi connectivity index (χ1n) is 7.82. The number of anilines is 1. The summed E-state index contributed by atoms with van der Waals surface area (Å²) in [6.07, 6.45) is 0. The third-order valence-electron chi connectivity index (χ3n) is 3.55. The minimum atomic E-state index is -0.454. The molecule has 3 aromatic rings. The molecule has 0 aliphatic carbocycles. The standard InChI is InChI=1S/C18H15N3O4S2/c1-25-14-6-2-12(3-7-14)16-10-27-18(19-16)20-17(22)11-26-15-8-4-13(5-9-15)21(23)24/h2-10H,11H2,1H3,(H,19,20,22). The smallest absolute Gasteiger partial charge is 0.269 e. The summed E-state index contributed by atoms with van der Waals surface area (Å²) < 4.78 is 5.13. The molecule has 0 fully saturated rings. The van der Waals surface area contributed by atoms with Crippen LogP contribution in [0.5, 0.6) is 5.75 Å². The Morgan fingerprint density at radius 1 is 1.22 bits per heavy atom. The lowest BCUT2D eigenvalue weighted by Crippen LogP contribution is -2.13. The molecular weight excluding hydrogens is 386 g/mol. The Morgan fingerprint density at radius 3 is 2.56 bits per heavy atom. The van der Waals surface area contributed by atoms with E-state index in [9.17, 15) is 14.9 Å². The van der Waals surface area contributed by atoms with Crippen LogP contribution in [0.3, 0.4) is 0 Å². The van der Waals surface area contributed by atoms with E-state index in [1.165, 1.54) is 35.2 Å².